The van der Waals surface area contributed by atoms with Crippen LogP contribution in [0.3, 0.4) is 0 Å². The summed E-state index contributed by atoms with van der Waals surface area (Å²) in [5, 5.41) is -0.0310. The van der Waals surface area contributed by atoms with E-state index in [2.05, 4.69) is 13.8 Å². The van der Waals surface area contributed by atoms with Crippen molar-refractivity contribution in [2.45, 2.75) is 193 Å². The van der Waals surface area contributed by atoms with Crippen LogP contribution in [0.2, 0.25) is 0 Å². The minimum atomic E-state index is -0.0430. The Morgan fingerprint density at radius 1 is 0.486 bits per heavy atom. The standard InChI is InChI=1S/C33H66O2S2/c1-4-6-8-10-12-14-16-17-18-19-20-21-22-24-26-28-30-36-32(3)33(34)35-37-31-29-27-25-23-15-13-11-9-7-5-2/h32H,4-31H2,1-3H3. The molecule has 4 heteroatoms. The SMILES string of the molecule is CCCCCCCCCCCCCCCCCCSC(C)C(=O)OSCCCCCCCCCCCC. The number of hydrogen-bond acceptors (Lipinski definition) is 4. The van der Waals surface area contributed by atoms with Crippen LogP contribution in [0, 0.1) is 0 Å². The first-order valence-corrected chi connectivity index (χ1v) is 18.6. The zero-order valence-electron chi connectivity index (χ0n) is 25.5. The van der Waals surface area contributed by atoms with Crippen LogP contribution >= 0.6 is 23.8 Å². The molecule has 0 spiro atoms. The number of carbonyl (C=O) groups is 1. The van der Waals surface area contributed by atoms with Crippen molar-refractivity contribution in [1.82, 2.24) is 0 Å². The lowest BCUT2D eigenvalue weighted by molar-refractivity contribution is -0.132. The quantitative estimate of drug-likeness (QED) is 0.0624. The summed E-state index contributed by atoms with van der Waals surface area (Å²) in [4.78, 5) is 12.2. The Balaban J connectivity index is 3.27. The van der Waals surface area contributed by atoms with E-state index in [1.807, 2.05) is 6.92 Å². The van der Waals surface area contributed by atoms with E-state index in [1.54, 1.807) is 11.8 Å². The summed E-state index contributed by atoms with van der Waals surface area (Å²) in [6.07, 6.45) is 35.9. The maximum absolute atomic E-state index is 12.2. The average molecular weight is 559 g/mol. The Kier molecular flexibility index (Phi) is 32.5. The first kappa shape index (κ1) is 37.2. The number of rotatable bonds is 31. The lowest BCUT2D eigenvalue weighted by atomic mass is 10.0. The predicted molar refractivity (Wildman–Crippen MR) is 172 cm³/mol. The van der Waals surface area contributed by atoms with E-state index in [1.165, 1.54) is 173 Å². The summed E-state index contributed by atoms with van der Waals surface area (Å²) in [5.74, 6) is 1.98. The van der Waals surface area contributed by atoms with E-state index in [4.69, 9.17) is 4.18 Å². The minimum absolute atomic E-state index is 0.0310. The number of carbonyl (C=O) groups excluding carboxylic acids is 1. The summed E-state index contributed by atoms with van der Waals surface area (Å²) in [5.41, 5.74) is 0. The lowest BCUT2D eigenvalue weighted by Crippen LogP contribution is -2.14. The van der Waals surface area contributed by atoms with Gasteiger partial charge < -0.3 is 4.18 Å². The van der Waals surface area contributed by atoms with Crippen molar-refractivity contribution in [2.75, 3.05) is 11.5 Å². The fourth-order valence-electron chi connectivity index (χ4n) is 4.79. The van der Waals surface area contributed by atoms with E-state index < -0.39 is 0 Å². The van der Waals surface area contributed by atoms with Gasteiger partial charge in [-0.1, -0.05) is 168 Å². The topological polar surface area (TPSA) is 26.3 Å². The number of hydrogen-bond donors (Lipinski definition) is 0. The summed E-state index contributed by atoms with van der Waals surface area (Å²) in [7, 11) is 0. The Morgan fingerprint density at radius 3 is 1.14 bits per heavy atom. The maximum atomic E-state index is 12.2. The number of thioether (sulfide) groups is 1. The van der Waals surface area contributed by atoms with E-state index in [0.717, 1.165) is 17.9 Å². The van der Waals surface area contributed by atoms with Crippen LogP contribution in [0.15, 0.2) is 0 Å². The summed E-state index contributed by atoms with van der Waals surface area (Å²) in [6, 6.07) is 0. The van der Waals surface area contributed by atoms with Gasteiger partial charge in [-0.25, -0.2) is 4.79 Å². The van der Waals surface area contributed by atoms with Crippen LogP contribution in [0.25, 0.3) is 0 Å². The van der Waals surface area contributed by atoms with Crippen molar-refractivity contribution >= 4 is 29.8 Å². The van der Waals surface area contributed by atoms with Gasteiger partial charge in [-0.2, -0.15) is 0 Å². The second-order valence-corrected chi connectivity index (χ2v) is 13.5. The maximum Gasteiger partial charge on any atom is 0.330 e. The fraction of sp³-hybridized carbons (Fsp3) is 0.970. The largest absolute Gasteiger partial charge is 0.391 e. The fourth-order valence-corrected chi connectivity index (χ4v) is 6.43. The third-order valence-electron chi connectivity index (χ3n) is 7.42. The summed E-state index contributed by atoms with van der Waals surface area (Å²) >= 11 is 3.14. The highest BCUT2D eigenvalue weighted by Crippen LogP contribution is 2.20. The Bertz CT molecular complexity index is 444. The molecule has 222 valence electrons. The smallest absolute Gasteiger partial charge is 0.330 e. The minimum Gasteiger partial charge on any atom is -0.391 e. The van der Waals surface area contributed by atoms with Crippen molar-refractivity contribution in [2.24, 2.45) is 0 Å². The molecular weight excluding hydrogens is 492 g/mol. The molecule has 0 aliphatic carbocycles. The van der Waals surface area contributed by atoms with Crippen molar-refractivity contribution < 1.29 is 8.98 Å². The molecule has 0 aromatic heterocycles. The molecule has 0 aliphatic heterocycles. The highest BCUT2D eigenvalue weighted by molar-refractivity contribution is 8.00. The van der Waals surface area contributed by atoms with Gasteiger partial charge in [0.15, 0.2) is 0 Å². The summed E-state index contributed by atoms with van der Waals surface area (Å²) in [6.45, 7) is 6.57. The van der Waals surface area contributed by atoms with Crippen LogP contribution in [0.5, 0.6) is 0 Å². The Hall–Kier alpha value is 0.170. The van der Waals surface area contributed by atoms with E-state index in [-0.39, 0.29) is 11.2 Å². The first-order chi connectivity index (χ1) is 18.2. The van der Waals surface area contributed by atoms with Crippen LogP contribution in [0.4, 0.5) is 0 Å². The van der Waals surface area contributed by atoms with Crippen LogP contribution in [-0.4, -0.2) is 22.7 Å². The molecule has 0 aromatic carbocycles. The molecule has 0 saturated carbocycles. The molecule has 0 radical (unpaired) electrons. The molecule has 0 bridgehead atoms. The molecule has 0 heterocycles. The third-order valence-corrected chi connectivity index (χ3v) is 9.37. The predicted octanol–water partition coefficient (Wildman–Crippen LogP) is 12.5. The zero-order chi connectivity index (χ0) is 27.1. The molecule has 0 saturated heterocycles. The van der Waals surface area contributed by atoms with Crippen LogP contribution < -0.4 is 0 Å². The Labute approximate surface area is 242 Å². The molecule has 1 atom stereocenters. The summed E-state index contributed by atoms with van der Waals surface area (Å²) < 4.78 is 5.43. The Morgan fingerprint density at radius 2 is 0.784 bits per heavy atom. The van der Waals surface area contributed by atoms with Crippen molar-refractivity contribution in [1.29, 1.82) is 0 Å². The van der Waals surface area contributed by atoms with Gasteiger partial charge in [0.2, 0.25) is 0 Å². The third kappa shape index (κ3) is 30.6. The molecule has 0 fully saturated rings. The van der Waals surface area contributed by atoms with Gasteiger partial charge in [-0.3, -0.25) is 0 Å². The molecule has 0 rings (SSSR count). The van der Waals surface area contributed by atoms with Gasteiger partial charge in [0, 0.05) is 5.75 Å². The first-order valence-electron chi connectivity index (χ1n) is 16.7. The van der Waals surface area contributed by atoms with Crippen LogP contribution in [0.1, 0.15) is 188 Å². The molecule has 2 nitrogen and oxygen atoms in total. The average Bonchev–Trinajstić information content (AvgIpc) is 2.90. The van der Waals surface area contributed by atoms with Gasteiger partial charge in [0.05, 0.1) is 12.0 Å². The molecule has 37 heavy (non-hydrogen) atoms. The zero-order valence-corrected chi connectivity index (χ0v) is 27.1. The second-order valence-electron chi connectivity index (χ2n) is 11.2. The van der Waals surface area contributed by atoms with Crippen molar-refractivity contribution in [3.8, 4) is 0 Å². The van der Waals surface area contributed by atoms with Gasteiger partial charge in [0.25, 0.3) is 0 Å². The highest BCUT2D eigenvalue weighted by Gasteiger charge is 2.15. The monoisotopic (exact) mass is 558 g/mol. The molecule has 1 unspecified atom stereocenters. The highest BCUT2D eigenvalue weighted by atomic mass is 32.2. The lowest BCUT2D eigenvalue weighted by Gasteiger charge is -2.10. The van der Waals surface area contributed by atoms with E-state index in [0.29, 0.717) is 0 Å². The van der Waals surface area contributed by atoms with E-state index >= 15 is 0 Å². The molecule has 0 aliphatic rings. The van der Waals surface area contributed by atoms with Gasteiger partial charge in [-0.15, -0.1) is 11.8 Å². The van der Waals surface area contributed by atoms with E-state index in [9.17, 15) is 4.79 Å². The molecular formula is C33H66O2S2. The van der Waals surface area contributed by atoms with Gasteiger partial charge in [-0.05, 0) is 25.5 Å². The normalized spacial score (nSPS) is 12.2. The van der Waals surface area contributed by atoms with Crippen LogP contribution in [-0.2, 0) is 8.98 Å². The molecule has 0 N–H and O–H groups in total. The van der Waals surface area contributed by atoms with Gasteiger partial charge >= 0.3 is 5.97 Å². The van der Waals surface area contributed by atoms with Gasteiger partial charge in [0.1, 0.15) is 5.25 Å². The molecule has 0 aromatic rings. The van der Waals surface area contributed by atoms with Crippen molar-refractivity contribution in [3.63, 3.8) is 0 Å². The molecule has 0 amide bonds. The second kappa shape index (κ2) is 32.4. The number of unbranched alkanes of at least 4 members (excludes halogenated alkanes) is 24. The van der Waals surface area contributed by atoms with Crippen molar-refractivity contribution in [3.05, 3.63) is 0 Å².